The first-order valence-corrected chi connectivity index (χ1v) is 4.86. The fourth-order valence-electron chi connectivity index (χ4n) is 1.01. The highest BCUT2D eigenvalue weighted by Gasteiger charge is 1.98. The number of hydrogen-bond donors (Lipinski definition) is 2. The zero-order chi connectivity index (χ0) is 9.10. The van der Waals surface area contributed by atoms with Gasteiger partial charge in [0.2, 0.25) is 0 Å². The quantitative estimate of drug-likeness (QED) is 0.783. The van der Waals surface area contributed by atoms with Crippen molar-refractivity contribution < 1.29 is 0 Å². The summed E-state index contributed by atoms with van der Waals surface area (Å²) in [5.41, 5.74) is 2.07. The molecule has 13 heavy (non-hydrogen) atoms. The molecular formula is C8H10N4S. The maximum absolute atomic E-state index is 4.34. The molecule has 0 saturated heterocycles. The number of H-pyrrole nitrogens is 1. The molecule has 0 spiro atoms. The minimum Gasteiger partial charge on any atom is -0.376 e. The molecule has 5 heteroatoms. The van der Waals surface area contributed by atoms with Crippen molar-refractivity contribution in [3.05, 3.63) is 28.5 Å². The van der Waals surface area contributed by atoms with Crippen LogP contribution in [0.3, 0.4) is 0 Å². The number of aromatic amines is 1. The number of rotatable bonds is 3. The third kappa shape index (κ3) is 2.06. The smallest absolute Gasteiger partial charge is 0.112 e. The van der Waals surface area contributed by atoms with E-state index in [0.29, 0.717) is 0 Å². The van der Waals surface area contributed by atoms with Gasteiger partial charge in [0.1, 0.15) is 5.01 Å². The lowest BCUT2D eigenvalue weighted by Gasteiger charge is -1.97. The molecule has 0 aliphatic heterocycles. The molecule has 2 rings (SSSR count). The molecule has 68 valence electrons. The molecule has 0 fully saturated rings. The lowest BCUT2D eigenvalue weighted by Crippen LogP contribution is -1.97. The van der Waals surface area contributed by atoms with E-state index in [0.717, 1.165) is 22.9 Å². The van der Waals surface area contributed by atoms with Gasteiger partial charge in [-0.05, 0) is 6.92 Å². The van der Waals surface area contributed by atoms with Gasteiger partial charge in [0.05, 0.1) is 18.4 Å². The Labute approximate surface area is 80.0 Å². The second kappa shape index (κ2) is 3.57. The first-order chi connectivity index (χ1) is 6.34. The van der Waals surface area contributed by atoms with E-state index in [4.69, 9.17) is 0 Å². The Hall–Kier alpha value is -1.36. The van der Waals surface area contributed by atoms with Crippen molar-refractivity contribution >= 4 is 17.0 Å². The molecule has 0 aliphatic carbocycles. The Bertz CT molecular complexity index is 365. The third-order valence-corrected chi connectivity index (χ3v) is 2.58. The number of hydrogen-bond acceptors (Lipinski definition) is 4. The number of thiazole rings is 1. The van der Waals surface area contributed by atoms with Crippen molar-refractivity contribution in [1.82, 2.24) is 15.2 Å². The van der Waals surface area contributed by atoms with E-state index in [1.807, 2.05) is 18.5 Å². The average Bonchev–Trinajstić information content (AvgIpc) is 2.71. The summed E-state index contributed by atoms with van der Waals surface area (Å²) in [6.45, 7) is 2.76. The molecule has 2 aromatic heterocycles. The summed E-state index contributed by atoms with van der Waals surface area (Å²) < 4.78 is 0. The molecule has 4 nitrogen and oxygen atoms in total. The van der Waals surface area contributed by atoms with Gasteiger partial charge in [0, 0.05) is 17.3 Å². The Kier molecular flexibility index (Phi) is 2.27. The monoisotopic (exact) mass is 194 g/mol. The third-order valence-electron chi connectivity index (χ3n) is 1.61. The summed E-state index contributed by atoms with van der Waals surface area (Å²) >= 11 is 1.67. The van der Waals surface area contributed by atoms with Gasteiger partial charge in [-0.15, -0.1) is 11.3 Å². The van der Waals surface area contributed by atoms with Crippen LogP contribution in [0.4, 0.5) is 5.69 Å². The molecule has 0 unspecified atom stereocenters. The molecule has 0 radical (unpaired) electrons. The fourth-order valence-corrected chi connectivity index (χ4v) is 1.72. The van der Waals surface area contributed by atoms with Crippen molar-refractivity contribution in [2.75, 3.05) is 5.32 Å². The largest absolute Gasteiger partial charge is 0.376 e. The lowest BCUT2D eigenvalue weighted by molar-refractivity contribution is 1.08. The Balaban J connectivity index is 1.93. The number of nitrogens with zero attached hydrogens (tertiary/aromatic N) is 2. The van der Waals surface area contributed by atoms with Crippen LogP contribution in [-0.2, 0) is 6.54 Å². The maximum Gasteiger partial charge on any atom is 0.112 e. The van der Waals surface area contributed by atoms with Gasteiger partial charge in [-0.2, -0.15) is 5.10 Å². The molecule has 0 aliphatic rings. The van der Waals surface area contributed by atoms with Crippen molar-refractivity contribution in [2.45, 2.75) is 13.5 Å². The lowest BCUT2D eigenvalue weighted by atomic mass is 10.5. The van der Waals surface area contributed by atoms with Crippen LogP contribution < -0.4 is 5.32 Å². The van der Waals surface area contributed by atoms with Crippen LogP contribution in [0.1, 0.15) is 10.7 Å². The van der Waals surface area contributed by atoms with E-state index < -0.39 is 0 Å². The minimum absolute atomic E-state index is 0.762. The highest BCUT2D eigenvalue weighted by atomic mass is 32.1. The highest BCUT2D eigenvalue weighted by molar-refractivity contribution is 7.09. The van der Waals surface area contributed by atoms with Crippen molar-refractivity contribution in [3.8, 4) is 0 Å². The van der Waals surface area contributed by atoms with E-state index >= 15 is 0 Å². The Morgan fingerprint density at radius 1 is 1.62 bits per heavy atom. The zero-order valence-electron chi connectivity index (χ0n) is 7.24. The highest BCUT2D eigenvalue weighted by Crippen LogP contribution is 2.10. The van der Waals surface area contributed by atoms with Crippen molar-refractivity contribution in [3.63, 3.8) is 0 Å². The second-order valence-electron chi connectivity index (χ2n) is 2.72. The molecule has 0 saturated carbocycles. The predicted octanol–water partition coefficient (Wildman–Crippen LogP) is 1.79. The van der Waals surface area contributed by atoms with Gasteiger partial charge in [0.25, 0.3) is 0 Å². The van der Waals surface area contributed by atoms with Gasteiger partial charge in [-0.1, -0.05) is 0 Å². The van der Waals surface area contributed by atoms with Crippen LogP contribution in [0.15, 0.2) is 17.8 Å². The minimum atomic E-state index is 0.762. The van der Waals surface area contributed by atoms with Gasteiger partial charge in [0.15, 0.2) is 0 Å². The molecular weight excluding hydrogens is 184 g/mol. The topological polar surface area (TPSA) is 53.6 Å². The molecule has 2 aromatic rings. The number of anilines is 1. The number of aryl methyl sites for hydroxylation is 1. The zero-order valence-corrected chi connectivity index (χ0v) is 8.06. The number of nitrogens with one attached hydrogen (secondary N) is 2. The van der Waals surface area contributed by atoms with Crippen LogP contribution in [-0.4, -0.2) is 15.2 Å². The molecule has 2 N–H and O–H groups in total. The predicted molar refractivity (Wildman–Crippen MR) is 52.8 cm³/mol. The average molecular weight is 194 g/mol. The van der Waals surface area contributed by atoms with E-state index in [1.54, 1.807) is 17.5 Å². The van der Waals surface area contributed by atoms with E-state index in [9.17, 15) is 0 Å². The van der Waals surface area contributed by atoms with Crippen molar-refractivity contribution in [1.29, 1.82) is 0 Å². The van der Waals surface area contributed by atoms with Gasteiger partial charge in [-0.25, -0.2) is 4.98 Å². The summed E-state index contributed by atoms with van der Waals surface area (Å²) in [4.78, 5) is 4.34. The normalized spacial score (nSPS) is 10.2. The van der Waals surface area contributed by atoms with Crippen molar-refractivity contribution in [2.24, 2.45) is 0 Å². The SMILES string of the molecule is Cc1csc(CNc2cn[nH]c2)n1. The second-order valence-corrected chi connectivity index (χ2v) is 3.67. The van der Waals surface area contributed by atoms with Crippen LogP contribution in [0.2, 0.25) is 0 Å². The first-order valence-electron chi connectivity index (χ1n) is 3.98. The molecule has 0 atom stereocenters. The number of aromatic nitrogens is 3. The summed E-state index contributed by atoms with van der Waals surface area (Å²) in [5.74, 6) is 0. The summed E-state index contributed by atoms with van der Waals surface area (Å²) in [6, 6.07) is 0. The first kappa shape index (κ1) is 8.25. The molecule has 0 bridgehead atoms. The molecule has 0 aromatic carbocycles. The summed E-state index contributed by atoms with van der Waals surface area (Å²) in [6.07, 6.45) is 3.57. The Morgan fingerprint density at radius 2 is 2.54 bits per heavy atom. The van der Waals surface area contributed by atoms with Crippen LogP contribution in [0, 0.1) is 6.92 Å². The van der Waals surface area contributed by atoms with Crippen LogP contribution in [0.25, 0.3) is 0 Å². The van der Waals surface area contributed by atoms with E-state index in [-0.39, 0.29) is 0 Å². The van der Waals surface area contributed by atoms with Gasteiger partial charge >= 0.3 is 0 Å². The standard InChI is InChI=1S/C8H10N4S/c1-6-5-13-8(12-6)4-9-7-2-10-11-3-7/h2-3,5,9H,4H2,1H3,(H,10,11). The van der Waals surface area contributed by atoms with E-state index in [1.165, 1.54) is 0 Å². The maximum atomic E-state index is 4.34. The molecule has 2 heterocycles. The van der Waals surface area contributed by atoms with E-state index in [2.05, 4.69) is 20.5 Å². The van der Waals surface area contributed by atoms with Crippen LogP contribution >= 0.6 is 11.3 Å². The Morgan fingerprint density at radius 3 is 3.15 bits per heavy atom. The van der Waals surface area contributed by atoms with Crippen LogP contribution in [0.5, 0.6) is 0 Å². The fraction of sp³-hybridized carbons (Fsp3) is 0.250. The summed E-state index contributed by atoms with van der Waals surface area (Å²) in [5, 5.41) is 12.9. The summed E-state index contributed by atoms with van der Waals surface area (Å²) in [7, 11) is 0. The van der Waals surface area contributed by atoms with Gasteiger partial charge in [-0.3, -0.25) is 5.10 Å². The molecule has 0 amide bonds. The van der Waals surface area contributed by atoms with Gasteiger partial charge < -0.3 is 5.32 Å².